The molecule has 0 bridgehead atoms. The first-order valence-electron chi connectivity index (χ1n) is 6.04. The summed E-state index contributed by atoms with van der Waals surface area (Å²) in [5.41, 5.74) is 3.61. The summed E-state index contributed by atoms with van der Waals surface area (Å²) in [6.07, 6.45) is 3.67. The lowest BCUT2D eigenvalue weighted by Gasteiger charge is -2.12. The molecule has 4 nitrogen and oxygen atoms in total. The number of aromatic amines is 1. The van der Waals surface area contributed by atoms with Crippen molar-refractivity contribution in [3.63, 3.8) is 0 Å². The van der Waals surface area contributed by atoms with E-state index in [-0.39, 0.29) is 7.40 Å². The molecule has 18 heavy (non-hydrogen) atoms. The van der Waals surface area contributed by atoms with Crippen molar-refractivity contribution in [1.29, 1.82) is 0 Å². The van der Waals surface area contributed by atoms with Gasteiger partial charge in [0.25, 0.3) is 0 Å². The highest BCUT2D eigenvalue weighted by atomic mass is 32.1. The lowest BCUT2D eigenvalue weighted by atomic mass is 9.97. The lowest BCUT2D eigenvalue weighted by Crippen LogP contribution is -2.08. The molecular formula is C13H16N2O2S. The van der Waals surface area contributed by atoms with Gasteiger partial charge in [-0.25, -0.2) is 9.78 Å². The summed E-state index contributed by atoms with van der Waals surface area (Å²) in [5, 5.41) is 1.05. The van der Waals surface area contributed by atoms with Gasteiger partial charge in [-0.15, -0.1) is 11.3 Å². The molecule has 0 aromatic carbocycles. The van der Waals surface area contributed by atoms with Crippen LogP contribution in [0, 0.1) is 6.92 Å². The number of rotatable bonds is 2. The number of H-pyrrole nitrogens is 1. The molecule has 0 saturated carbocycles. The quantitative estimate of drug-likeness (QED) is 0.848. The van der Waals surface area contributed by atoms with Crippen LogP contribution < -0.4 is 0 Å². The zero-order valence-electron chi connectivity index (χ0n) is 10.4. The molecule has 0 spiro atoms. The summed E-state index contributed by atoms with van der Waals surface area (Å²) in [6, 6.07) is 0. The van der Waals surface area contributed by atoms with Crippen LogP contribution in [-0.4, -0.2) is 22.5 Å². The number of carbonyl (C=O) groups excluding carboxylic acids is 1. The monoisotopic (exact) mass is 264 g/mol. The smallest absolute Gasteiger partial charge is 0.340 e. The Balaban J connectivity index is 0.00000133. The number of nitrogens with one attached hydrogen (secondary N) is 1. The van der Waals surface area contributed by atoms with Gasteiger partial charge in [0.1, 0.15) is 0 Å². The molecule has 1 aliphatic carbocycles. The van der Waals surface area contributed by atoms with Crippen LogP contribution in [0.15, 0.2) is 6.20 Å². The Morgan fingerprint density at radius 1 is 1.61 bits per heavy atom. The topological polar surface area (TPSA) is 55.0 Å². The van der Waals surface area contributed by atoms with Crippen LogP contribution >= 0.6 is 11.3 Å². The van der Waals surface area contributed by atoms with Crippen LogP contribution in [0.2, 0.25) is 0 Å². The van der Waals surface area contributed by atoms with Crippen LogP contribution in [0.25, 0.3) is 11.3 Å². The third kappa shape index (κ3) is 1.66. The van der Waals surface area contributed by atoms with Gasteiger partial charge < -0.3 is 9.72 Å². The van der Waals surface area contributed by atoms with Crippen molar-refractivity contribution < 1.29 is 11.0 Å². The van der Waals surface area contributed by atoms with Crippen molar-refractivity contribution >= 4 is 17.3 Å². The largest absolute Gasteiger partial charge is 0.462 e. The van der Waals surface area contributed by atoms with E-state index in [0.717, 1.165) is 34.8 Å². The van der Waals surface area contributed by atoms with E-state index in [0.29, 0.717) is 12.2 Å². The van der Waals surface area contributed by atoms with Crippen LogP contribution in [0.3, 0.4) is 0 Å². The van der Waals surface area contributed by atoms with Crippen LogP contribution in [0.4, 0.5) is 0 Å². The molecular weight excluding hydrogens is 248 g/mol. The maximum absolute atomic E-state index is 11.9. The zero-order valence-corrected chi connectivity index (χ0v) is 11.2. The van der Waals surface area contributed by atoms with Crippen molar-refractivity contribution in [3.05, 3.63) is 27.3 Å². The van der Waals surface area contributed by atoms with E-state index in [1.807, 2.05) is 13.8 Å². The van der Waals surface area contributed by atoms with E-state index in [9.17, 15) is 4.79 Å². The van der Waals surface area contributed by atoms with Gasteiger partial charge in [-0.1, -0.05) is 0 Å². The normalized spacial score (nSPS) is 13.0. The van der Waals surface area contributed by atoms with E-state index in [1.165, 1.54) is 4.88 Å². The molecule has 2 aromatic rings. The maximum Gasteiger partial charge on any atom is 0.340 e. The second-order valence-corrected chi connectivity index (χ2v) is 5.57. The molecule has 1 N–H and O–H groups in total. The zero-order chi connectivity index (χ0) is 12.7. The summed E-state index contributed by atoms with van der Waals surface area (Å²) in [6.45, 7) is 4.20. The molecule has 96 valence electrons. The molecule has 1 aliphatic rings. The van der Waals surface area contributed by atoms with Crippen molar-refractivity contribution in [2.24, 2.45) is 0 Å². The molecule has 0 aliphatic heterocycles. The van der Waals surface area contributed by atoms with Gasteiger partial charge in [0.2, 0.25) is 0 Å². The molecule has 0 fully saturated rings. The van der Waals surface area contributed by atoms with Crippen LogP contribution in [0.5, 0.6) is 0 Å². The van der Waals surface area contributed by atoms with Gasteiger partial charge in [-0.2, -0.15) is 0 Å². The first-order chi connectivity index (χ1) is 8.70. The number of aryl methyl sites for hydroxylation is 3. The number of hydrogen-bond acceptors (Lipinski definition) is 4. The predicted octanol–water partition coefficient (Wildman–Crippen LogP) is 2.97. The number of nitrogens with zero attached hydrogens (tertiary/aromatic N) is 1. The van der Waals surface area contributed by atoms with Gasteiger partial charge >= 0.3 is 5.97 Å². The highest BCUT2D eigenvalue weighted by Gasteiger charge is 2.27. The number of ether oxygens (including phenoxy) is 1. The number of fused-ring (bicyclic) bond motifs is 3. The summed E-state index contributed by atoms with van der Waals surface area (Å²) >= 11 is 1.71. The number of carbonyl (C=O) groups is 1. The van der Waals surface area contributed by atoms with E-state index in [2.05, 4.69) is 9.97 Å². The Morgan fingerprint density at radius 2 is 2.44 bits per heavy atom. The number of hydrogen-bond donors (Lipinski definition) is 1. The average molecular weight is 264 g/mol. The highest BCUT2D eigenvalue weighted by molar-refractivity contribution is 7.12. The minimum absolute atomic E-state index is 0. The molecule has 0 atom stereocenters. The summed E-state index contributed by atoms with van der Waals surface area (Å²) in [7, 11) is 0. The second-order valence-electron chi connectivity index (χ2n) is 4.28. The van der Waals surface area contributed by atoms with E-state index in [1.54, 1.807) is 17.5 Å². The molecule has 5 heteroatoms. The molecule has 2 heterocycles. The summed E-state index contributed by atoms with van der Waals surface area (Å²) in [5.74, 6) is -0.270. The Hall–Kier alpha value is -1.62. The van der Waals surface area contributed by atoms with E-state index >= 15 is 0 Å². The number of thiazole rings is 1. The minimum Gasteiger partial charge on any atom is -0.462 e. The molecule has 0 radical (unpaired) electrons. The minimum atomic E-state index is -0.270. The second kappa shape index (κ2) is 4.24. The maximum atomic E-state index is 11.9. The third-order valence-electron chi connectivity index (χ3n) is 3.10. The fourth-order valence-corrected chi connectivity index (χ4v) is 3.32. The van der Waals surface area contributed by atoms with Crippen LogP contribution in [0.1, 0.15) is 34.3 Å². The Labute approximate surface area is 111 Å². The van der Waals surface area contributed by atoms with Gasteiger partial charge in [0.05, 0.1) is 22.9 Å². The van der Waals surface area contributed by atoms with Crippen LogP contribution in [-0.2, 0) is 17.6 Å². The SMILES string of the molecule is CCOC(=O)c1c[nH]c2c1-c1nc(C)sc1CC2.[HH]. The van der Waals surface area contributed by atoms with Gasteiger partial charge in [0, 0.05) is 23.8 Å². The molecule has 0 amide bonds. The third-order valence-corrected chi connectivity index (χ3v) is 4.13. The number of esters is 1. The fraction of sp³-hybridized carbons (Fsp3) is 0.385. The summed E-state index contributed by atoms with van der Waals surface area (Å²) in [4.78, 5) is 20.9. The standard InChI is InChI=1S/C13H14N2O2S.H2/c1-3-17-13(16)8-6-14-9-4-5-10-12(11(8)9)15-7(2)18-10;/h6,14H,3-5H2,1-2H3;1H. The Morgan fingerprint density at radius 3 is 3.22 bits per heavy atom. The van der Waals surface area contributed by atoms with Crippen molar-refractivity contribution in [1.82, 2.24) is 9.97 Å². The number of aromatic nitrogens is 2. The van der Waals surface area contributed by atoms with Gasteiger partial charge in [-0.05, 0) is 26.7 Å². The fourth-order valence-electron chi connectivity index (χ4n) is 2.38. The van der Waals surface area contributed by atoms with Crippen molar-refractivity contribution in [3.8, 4) is 11.3 Å². The molecule has 0 saturated heterocycles. The van der Waals surface area contributed by atoms with E-state index in [4.69, 9.17) is 4.74 Å². The molecule has 3 rings (SSSR count). The predicted molar refractivity (Wildman–Crippen MR) is 72.1 cm³/mol. The Kier molecular flexibility index (Phi) is 2.70. The first-order valence-corrected chi connectivity index (χ1v) is 6.86. The van der Waals surface area contributed by atoms with Gasteiger partial charge in [0.15, 0.2) is 0 Å². The van der Waals surface area contributed by atoms with Crippen molar-refractivity contribution in [2.75, 3.05) is 6.61 Å². The summed E-state index contributed by atoms with van der Waals surface area (Å²) < 4.78 is 5.09. The van der Waals surface area contributed by atoms with Gasteiger partial charge in [-0.3, -0.25) is 0 Å². The van der Waals surface area contributed by atoms with Crippen molar-refractivity contribution in [2.45, 2.75) is 26.7 Å². The molecule has 2 aromatic heterocycles. The molecule has 0 unspecified atom stereocenters. The lowest BCUT2D eigenvalue weighted by molar-refractivity contribution is 0.0527. The average Bonchev–Trinajstić information content (AvgIpc) is 2.90. The first kappa shape index (κ1) is 11.5. The highest BCUT2D eigenvalue weighted by Crippen LogP contribution is 2.38. The Bertz CT molecular complexity index is 618. The van der Waals surface area contributed by atoms with E-state index < -0.39 is 0 Å².